The predicted octanol–water partition coefficient (Wildman–Crippen LogP) is 3.98. The van der Waals surface area contributed by atoms with Crippen molar-refractivity contribution in [1.29, 1.82) is 0 Å². The van der Waals surface area contributed by atoms with Crippen molar-refractivity contribution < 1.29 is 39.5 Å². The maximum absolute atomic E-state index is 10.3. The van der Waals surface area contributed by atoms with Gasteiger partial charge in [-0.2, -0.15) is 0 Å². The van der Waals surface area contributed by atoms with Gasteiger partial charge in [-0.05, 0) is 44.5 Å². The van der Waals surface area contributed by atoms with E-state index in [2.05, 4.69) is 50.8 Å². The van der Waals surface area contributed by atoms with E-state index in [1.165, 1.54) is 43.2 Å². The summed E-state index contributed by atoms with van der Waals surface area (Å²) in [5.41, 5.74) is -0.0202. The highest BCUT2D eigenvalue weighted by atomic mass is 16.5. The number of aliphatic carboxylic acids is 3. The van der Waals surface area contributed by atoms with Crippen molar-refractivity contribution in [1.82, 2.24) is 4.90 Å². The van der Waals surface area contributed by atoms with E-state index >= 15 is 0 Å². The highest BCUT2D eigenvalue weighted by Gasteiger charge is 2.40. The summed E-state index contributed by atoms with van der Waals surface area (Å²) in [4.78, 5) is 32.9. The minimum Gasteiger partial charge on any atom is -0.492 e. The highest BCUT2D eigenvalue weighted by Crippen LogP contribution is 2.23. The van der Waals surface area contributed by atoms with Crippen molar-refractivity contribution in [2.24, 2.45) is 0 Å². The number of carbonyl (C=O) groups is 3. The molecule has 0 spiro atoms. The first kappa shape index (κ1) is 32.4. The molecule has 0 aliphatic heterocycles. The SMILES string of the molecule is CCCCCCCc1cc(C)ccc1OCCN(CC)CC.O=C(O)CC(O)(CC(=O)O)C(=O)O. The zero-order chi connectivity index (χ0) is 26.9. The van der Waals surface area contributed by atoms with Crippen molar-refractivity contribution in [3.8, 4) is 5.75 Å². The number of benzene rings is 1. The molecule has 1 aromatic carbocycles. The molecule has 0 aliphatic rings. The number of carboxylic acids is 3. The lowest BCUT2D eigenvalue weighted by Gasteiger charge is -2.19. The second kappa shape index (κ2) is 17.7. The molecule has 0 fully saturated rings. The number of ether oxygens (including phenoxy) is 1. The van der Waals surface area contributed by atoms with Crippen LogP contribution < -0.4 is 4.74 Å². The zero-order valence-corrected chi connectivity index (χ0v) is 21.6. The van der Waals surface area contributed by atoms with Gasteiger partial charge >= 0.3 is 17.9 Å². The number of hydrogen-bond acceptors (Lipinski definition) is 6. The number of aliphatic hydroxyl groups is 1. The van der Waals surface area contributed by atoms with Gasteiger partial charge in [-0.15, -0.1) is 0 Å². The first-order valence-corrected chi connectivity index (χ1v) is 12.3. The van der Waals surface area contributed by atoms with E-state index in [0.717, 1.165) is 38.4 Å². The minimum absolute atomic E-state index is 0.785. The van der Waals surface area contributed by atoms with E-state index in [0.29, 0.717) is 0 Å². The fraction of sp³-hybridized carbons (Fsp3) is 0.654. The number of hydrogen-bond donors (Lipinski definition) is 4. The number of aryl methyl sites for hydroxylation is 2. The summed E-state index contributed by atoms with van der Waals surface area (Å²) in [5, 5.41) is 33.8. The average Bonchev–Trinajstić information content (AvgIpc) is 2.77. The van der Waals surface area contributed by atoms with Gasteiger partial charge in [0.25, 0.3) is 0 Å². The van der Waals surface area contributed by atoms with Crippen LogP contribution in [-0.2, 0) is 20.8 Å². The smallest absolute Gasteiger partial charge is 0.336 e. The molecule has 1 aromatic rings. The molecule has 0 radical (unpaired) electrons. The summed E-state index contributed by atoms with van der Waals surface area (Å²) in [6, 6.07) is 6.61. The first-order chi connectivity index (χ1) is 16.5. The van der Waals surface area contributed by atoms with Crippen LogP contribution in [0.2, 0.25) is 0 Å². The van der Waals surface area contributed by atoms with E-state index < -0.39 is 36.4 Å². The molecule has 0 heterocycles. The Hall–Kier alpha value is -2.65. The minimum atomic E-state index is -2.74. The molecule has 0 saturated heterocycles. The van der Waals surface area contributed by atoms with E-state index in [9.17, 15) is 14.4 Å². The van der Waals surface area contributed by atoms with Crippen LogP contribution in [0.5, 0.6) is 5.75 Å². The fourth-order valence-corrected chi connectivity index (χ4v) is 3.50. The molecule has 35 heavy (non-hydrogen) atoms. The van der Waals surface area contributed by atoms with Gasteiger partial charge in [-0.3, -0.25) is 9.59 Å². The van der Waals surface area contributed by atoms with Crippen LogP contribution in [0.3, 0.4) is 0 Å². The second-order valence-corrected chi connectivity index (χ2v) is 8.63. The summed E-state index contributed by atoms with van der Waals surface area (Å²) in [7, 11) is 0. The summed E-state index contributed by atoms with van der Waals surface area (Å²) in [6.45, 7) is 12.8. The molecule has 0 aromatic heterocycles. The Morgan fingerprint density at radius 2 is 1.49 bits per heavy atom. The van der Waals surface area contributed by atoms with Gasteiger partial charge in [0.1, 0.15) is 12.4 Å². The van der Waals surface area contributed by atoms with Gasteiger partial charge in [0.05, 0.1) is 12.8 Å². The zero-order valence-electron chi connectivity index (χ0n) is 21.6. The Bertz CT molecular complexity index is 761. The molecule has 0 saturated carbocycles. The van der Waals surface area contributed by atoms with Gasteiger partial charge in [0.15, 0.2) is 5.60 Å². The number of nitrogens with zero attached hydrogens (tertiary/aromatic N) is 1. The third kappa shape index (κ3) is 14.4. The van der Waals surface area contributed by atoms with Crippen LogP contribution in [0.4, 0.5) is 0 Å². The van der Waals surface area contributed by atoms with Crippen LogP contribution in [0.25, 0.3) is 0 Å². The van der Waals surface area contributed by atoms with Crippen LogP contribution >= 0.6 is 0 Å². The molecular formula is C26H43NO8. The van der Waals surface area contributed by atoms with Crippen molar-refractivity contribution in [3.05, 3.63) is 29.3 Å². The van der Waals surface area contributed by atoms with Gasteiger partial charge in [-0.1, -0.05) is 64.2 Å². The summed E-state index contributed by atoms with van der Waals surface area (Å²) < 4.78 is 6.06. The monoisotopic (exact) mass is 497 g/mol. The van der Waals surface area contributed by atoms with Gasteiger partial charge < -0.3 is 30.1 Å². The Labute approximate surface area is 208 Å². The average molecular weight is 498 g/mol. The second-order valence-electron chi connectivity index (χ2n) is 8.63. The van der Waals surface area contributed by atoms with Gasteiger partial charge in [0, 0.05) is 6.54 Å². The van der Waals surface area contributed by atoms with E-state index in [1.807, 2.05) is 0 Å². The highest BCUT2D eigenvalue weighted by molar-refractivity contribution is 5.88. The van der Waals surface area contributed by atoms with Crippen LogP contribution in [-0.4, -0.2) is 75.1 Å². The molecule has 0 atom stereocenters. The Morgan fingerprint density at radius 3 is 1.97 bits per heavy atom. The van der Waals surface area contributed by atoms with Crippen molar-refractivity contribution in [3.63, 3.8) is 0 Å². The van der Waals surface area contributed by atoms with Crippen molar-refractivity contribution >= 4 is 17.9 Å². The summed E-state index contributed by atoms with van der Waals surface area (Å²) in [5.74, 6) is -3.93. The van der Waals surface area contributed by atoms with Crippen LogP contribution in [0.1, 0.15) is 76.8 Å². The Kier molecular flexibility index (Phi) is 16.4. The molecular weight excluding hydrogens is 454 g/mol. The lowest BCUT2D eigenvalue weighted by atomic mass is 9.96. The maximum Gasteiger partial charge on any atom is 0.336 e. The van der Waals surface area contributed by atoms with E-state index in [1.54, 1.807) is 0 Å². The normalized spacial score (nSPS) is 11.0. The molecule has 0 unspecified atom stereocenters. The van der Waals surface area contributed by atoms with E-state index in [4.69, 9.17) is 25.2 Å². The van der Waals surface area contributed by atoms with Gasteiger partial charge in [0.2, 0.25) is 0 Å². The number of carboxylic acid groups (broad SMARTS) is 3. The third-order valence-corrected chi connectivity index (χ3v) is 5.61. The van der Waals surface area contributed by atoms with Crippen LogP contribution in [0.15, 0.2) is 18.2 Å². The fourth-order valence-electron chi connectivity index (χ4n) is 3.50. The molecule has 0 amide bonds. The van der Waals surface area contributed by atoms with Crippen LogP contribution in [0, 0.1) is 6.92 Å². The third-order valence-electron chi connectivity index (χ3n) is 5.61. The molecule has 9 heteroatoms. The molecule has 9 nitrogen and oxygen atoms in total. The van der Waals surface area contributed by atoms with Crippen molar-refractivity contribution in [2.75, 3.05) is 26.2 Å². The predicted molar refractivity (Wildman–Crippen MR) is 134 cm³/mol. The molecule has 0 aliphatic carbocycles. The number of likely N-dealkylation sites (N-methyl/N-ethyl adjacent to an activating group) is 1. The summed E-state index contributed by atoms with van der Waals surface area (Å²) >= 11 is 0. The first-order valence-electron chi connectivity index (χ1n) is 12.3. The largest absolute Gasteiger partial charge is 0.492 e. The standard InChI is InChI=1S/C20H35NO.C6H8O7/c1-5-8-9-10-11-12-19-17-18(4)13-14-20(19)22-16-15-21(6-2)7-3;7-3(8)1-6(13,5(11)12)2-4(9)10/h13-14,17H,5-12,15-16H2,1-4H3;13H,1-2H2,(H,7,8)(H,9,10)(H,11,12). The van der Waals surface area contributed by atoms with Crippen molar-refractivity contribution in [2.45, 2.75) is 84.7 Å². The Balaban J connectivity index is 0.000000761. The van der Waals surface area contributed by atoms with Gasteiger partial charge in [-0.25, -0.2) is 4.79 Å². The number of unbranched alkanes of at least 4 members (excludes halogenated alkanes) is 4. The maximum atomic E-state index is 10.3. The quantitative estimate of drug-likeness (QED) is 0.235. The van der Waals surface area contributed by atoms with E-state index in [-0.39, 0.29) is 0 Å². The Morgan fingerprint density at radius 1 is 0.914 bits per heavy atom. The molecule has 1 rings (SSSR count). The molecule has 200 valence electrons. The lowest BCUT2D eigenvalue weighted by Crippen LogP contribution is -2.42. The lowest BCUT2D eigenvalue weighted by molar-refractivity contribution is -0.170. The molecule has 0 bridgehead atoms. The topological polar surface area (TPSA) is 145 Å². The number of rotatable bonds is 17. The summed E-state index contributed by atoms with van der Waals surface area (Å²) in [6.07, 6.45) is 5.50. The molecule has 4 N–H and O–H groups in total.